The molecule has 0 radical (unpaired) electrons. The van der Waals surface area contributed by atoms with Gasteiger partial charge in [-0.15, -0.1) is 10.2 Å². The normalized spacial score (nSPS) is 22.2. The zero-order chi connectivity index (χ0) is 13.4. The second-order valence-electron chi connectivity index (χ2n) is 3.97. The van der Waals surface area contributed by atoms with Crippen LogP contribution < -0.4 is 0 Å². The van der Waals surface area contributed by atoms with Crippen molar-refractivity contribution in [1.82, 2.24) is 25.5 Å². The Bertz CT molecular complexity index is 557. The number of carboxylic acids is 1. The van der Waals surface area contributed by atoms with Crippen molar-refractivity contribution in [3.8, 4) is 0 Å². The molecule has 2 aliphatic rings. The number of hydrogen-bond acceptors (Lipinski definition) is 7. The third-order valence-corrected chi connectivity index (χ3v) is 3.76. The molecule has 0 aromatic carbocycles. The molecule has 3 heterocycles. The van der Waals surface area contributed by atoms with Crippen molar-refractivity contribution in [2.75, 3.05) is 12.4 Å². The van der Waals surface area contributed by atoms with Gasteiger partial charge >= 0.3 is 5.97 Å². The number of tetrazole rings is 1. The lowest BCUT2D eigenvalue weighted by Gasteiger charge is -2.43. The molecule has 1 amide bonds. The maximum absolute atomic E-state index is 11.5. The van der Waals surface area contributed by atoms with Crippen LogP contribution in [0, 0.1) is 0 Å². The van der Waals surface area contributed by atoms with Crippen LogP contribution in [-0.4, -0.2) is 61.1 Å². The summed E-state index contributed by atoms with van der Waals surface area (Å²) >= 11 is 1.23. The van der Waals surface area contributed by atoms with E-state index in [1.54, 1.807) is 0 Å². The van der Waals surface area contributed by atoms with E-state index >= 15 is 0 Å². The summed E-state index contributed by atoms with van der Waals surface area (Å²) in [5, 5.41) is 22.9. The van der Waals surface area contributed by atoms with E-state index in [2.05, 4.69) is 20.6 Å². The van der Waals surface area contributed by atoms with Gasteiger partial charge in [-0.25, -0.2) is 4.79 Å². The van der Waals surface area contributed by atoms with Crippen LogP contribution in [0.4, 0.5) is 0 Å². The Morgan fingerprint density at radius 3 is 3.11 bits per heavy atom. The Kier molecular flexibility index (Phi) is 2.95. The number of carboxylic acid groups (broad SMARTS) is 1. The molecule has 2 aliphatic heterocycles. The zero-order valence-electron chi connectivity index (χ0n) is 9.57. The number of thioether (sulfide) groups is 1. The molecular weight excluding hydrogens is 274 g/mol. The Morgan fingerprint density at radius 2 is 2.47 bits per heavy atom. The lowest BCUT2D eigenvalue weighted by molar-refractivity contribution is -0.174. The van der Waals surface area contributed by atoms with Crippen molar-refractivity contribution in [2.45, 2.75) is 17.8 Å². The molecule has 2 N–H and O–H groups in total. The van der Waals surface area contributed by atoms with Crippen LogP contribution in [0.3, 0.4) is 0 Å². The number of nitrogens with one attached hydrogen (secondary N) is 1. The van der Waals surface area contributed by atoms with Gasteiger partial charge in [0, 0.05) is 5.75 Å². The number of β-lactam (4-membered cyclic amide) rings is 1. The molecule has 1 aromatic rings. The number of carbonyl (C=O) groups is 2. The number of fused-ring (bicyclic) bond motifs is 1. The van der Waals surface area contributed by atoms with Gasteiger partial charge in [0.05, 0.1) is 13.0 Å². The average Bonchev–Trinajstić information content (AvgIpc) is 2.88. The maximum atomic E-state index is 11.5. The van der Waals surface area contributed by atoms with E-state index in [9.17, 15) is 14.7 Å². The fourth-order valence-corrected chi connectivity index (χ4v) is 2.68. The lowest BCUT2D eigenvalue weighted by atomic mass is 10.0. The molecule has 1 aromatic heterocycles. The second kappa shape index (κ2) is 4.63. The zero-order valence-corrected chi connectivity index (χ0v) is 10.4. The molecule has 0 unspecified atom stereocenters. The predicted octanol–water partition coefficient (Wildman–Crippen LogP) is -0.781. The minimum Gasteiger partial charge on any atom is -0.477 e. The highest BCUT2D eigenvalue weighted by Crippen LogP contribution is 2.33. The molecule has 1 fully saturated rings. The molecule has 0 bridgehead atoms. The average molecular weight is 283 g/mol. The van der Waals surface area contributed by atoms with Crippen LogP contribution in [0.1, 0.15) is 6.42 Å². The van der Waals surface area contributed by atoms with Gasteiger partial charge < -0.3 is 9.84 Å². The first kappa shape index (κ1) is 12.1. The molecule has 19 heavy (non-hydrogen) atoms. The molecule has 3 rings (SSSR count). The number of nitrogens with zero attached hydrogens (tertiary/aromatic N) is 4. The first-order chi connectivity index (χ1) is 9.16. The molecule has 10 heteroatoms. The number of aliphatic carboxylic acids is 1. The second-order valence-corrected chi connectivity index (χ2v) is 4.92. The summed E-state index contributed by atoms with van der Waals surface area (Å²) in [5.74, 6) is -1.02. The summed E-state index contributed by atoms with van der Waals surface area (Å²) in [4.78, 5) is 23.9. The quantitative estimate of drug-likeness (QED) is 0.545. The summed E-state index contributed by atoms with van der Waals surface area (Å²) < 4.78 is 5.42. The van der Waals surface area contributed by atoms with Crippen LogP contribution in [0.2, 0.25) is 0 Å². The van der Waals surface area contributed by atoms with Gasteiger partial charge in [-0.3, -0.25) is 9.69 Å². The summed E-state index contributed by atoms with van der Waals surface area (Å²) in [6.07, 6.45) is -0.195. The van der Waals surface area contributed by atoms with Gasteiger partial charge in [0.15, 0.2) is 0 Å². The Morgan fingerprint density at radius 1 is 1.63 bits per heavy atom. The van der Waals surface area contributed by atoms with Gasteiger partial charge in [0.1, 0.15) is 11.9 Å². The van der Waals surface area contributed by atoms with E-state index in [1.807, 2.05) is 0 Å². The van der Waals surface area contributed by atoms with Gasteiger partial charge in [-0.2, -0.15) is 5.21 Å². The fourth-order valence-electron chi connectivity index (χ4n) is 1.95. The van der Waals surface area contributed by atoms with E-state index < -0.39 is 12.2 Å². The van der Waals surface area contributed by atoms with Crippen molar-refractivity contribution in [3.63, 3.8) is 0 Å². The molecule has 1 saturated heterocycles. The minimum absolute atomic E-state index is 0.0171. The van der Waals surface area contributed by atoms with E-state index in [1.165, 1.54) is 16.7 Å². The van der Waals surface area contributed by atoms with Gasteiger partial charge in [-0.05, 0) is 10.8 Å². The summed E-state index contributed by atoms with van der Waals surface area (Å²) in [5.41, 5.74) is 0.551. The van der Waals surface area contributed by atoms with Gasteiger partial charge in [0.2, 0.25) is 11.1 Å². The summed E-state index contributed by atoms with van der Waals surface area (Å²) in [6.45, 7) is 0.195. The number of hydrogen-bond donors (Lipinski definition) is 2. The highest BCUT2D eigenvalue weighted by molar-refractivity contribution is 7.99. The largest absolute Gasteiger partial charge is 0.477 e. The molecule has 9 nitrogen and oxygen atoms in total. The predicted molar refractivity (Wildman–Crippen MR) is 60.8 cm³/mol. The SMILES string of the molecule is O=C(O)C1=C(CSc2nn[nH]n2)CO[C@@H]2CC(=O)N12. The third-order valence-electron chi connectivity index (χ3n) is 2.84. The Hall–Kier alpha value is -1.94. The highest BCUT2D eigenvalue weighted by atomic mass is 32.2. The first-order valence-corrected chi connectivity index (χ1v) is 6.40. The van der Waals surface area contributed by atoms with Crippen LogP contribution in [-0.2, 0) is 14.3 Å². The molecule has 0 spiro atoms. The Balaban J connectivity index is 1.81. The van der Waals surface area contributed by atoms with E-state index in [0.29, 0.717) is 16.5 Å². The molecule has 0 saturated carbocycles. The molecular formula is C9H9N5O4S. The maximum Gasteiger partial charge on any atom is 0.352 e. The van der Waals surface area contributed by atoms with E-state index in [-0.39, 0.29) is 24.6 Å². The number of carbonyl (C=O) groups excluding carboxylic acids is 1. The smallest absolute Gasteiger partial charge is 0.352 e. The molecule has 100 valence electrons. The van der Waals surface area contributed by atoms with Crippen LogP contribution >= 0.6 is 11.8 Å². The van der Waals surface area contributed by atoms with E-state index in [0.717, 1.165) is 0 Å². The van der Waals surface area contributed by atoms with Crippen molar-refractivity contribution in [2.24, 2.45) is 0 Å². The summed E-state index contributed by atoms with van der Waals surface area (Å²) in [7, 11) is 0. The first-order valence-electron chi connectivity index (χ1n) is 5.42. The number of aromatic amines is 1. The van der Waals surface area contributed by atoms with Crippen molar-refractivity contribution >= 4 is 23.6 Å². The van der Waals surface area contributed by atoms with Gasteiger partial charge in [-0.1, -0.05) is 11.8 Å². The summed E-state index contributed by atoms with van der Waals surface area (Å²) in [6, 6.07) is 0. The number of ether oxygens (including phenoxy) is 1. The van der Waals surface area contributed by atoms with Crippen LogP contribution in [0.5, 0.6) is 0 Å². The number of aromatic nitrogens is 4. The van der Waals surface area contributed by atoms with E-state index in [4.69, 9.17) is 4.74 Å². The third kappa shape index (κ3) is 2.08. The van der Waals surface area contributed by atoms with Crippen LogP contribution in [0.25, 0.3) is 0 Å². The minimum atomic E-state index is -1.12. The lowest BCUT2D eigenvalue weighted by Crippen LogP contribution is -2.57. The topological polar surface area (TPSA) is 121 Å². The standard InChI is InChI=1S/C9H9N5O4S/c15-5-1-6-14(5)7(8(16)17)4(2-18-6)3-19-9-10-12-13-11-9/h6H,1-3H2,(H,16,17)(H,10,11,12,13)/t6-/m1/s1. The number of H-pyrrole nitrogens is 1. The van der Waals surface area contributed by atoms with Crippen LogP contribution in [0.15, 0.2) is 16.4 Å². The van der Waals surface area contributed by atoms with Crippen molar-refractivity contribution < 1.29 is 19.4 Å². The monoisotopic (exact) mass is 283 g/mol. The molecule has 0 aliphatic carbocycles. The fraction of sp³-hybridized carbons (Fsp3) is 0.444. The molecule has 1 atom stereocenters. The Labute approximate surface area is 111 Å². The highest BCUT2D eigenvalue weighted by Gasteiger charge is 2.45. The van der Waals surface area contributed by atoms with Gasteiger partial charge in [0.25, 0.3) is 0 Å². The number of amides is 1. The number of rotatable bonds is 4. The van der Waals surface area contributed by atoms with Crippen molar-refractivity contribution in [3.05, 3.63) is 11.3 Å². The van der Waals surface area contributed by atoms with Crippen molar-refractivity contribution in [1.29, 1.82) is 0 Å².